The zero-order chi connectivity index (χ0) is 24.6. The number of carbonyl (C=O) groups is 1. The van der Waals surface area contributed by atoms with E-state index in [4.69, 9.17) is 4.74 Å². The number of hydrogen-bond acceptors (Lipinski definition) is 6. The van der Waals surface area contributed by atoms with Crippen molar-refractivity contribution in [2.45, 2.75) is 6.92 Å². The summed E-state index contributed by atoms with van der Waals surface area (Å²) in [4.78, 5) is 25.7. The van der Waals surface area contributed by atoms with Crippen LogP contribution in [0.5, 0.6) is 5.75 Å². The summed E-state index contributed by atoms with van der Waals surface area (Å²) in [5.74, 6) is 0.102. The molecule has 0 bridgehead atoms. The van der Waals surface area contributed by atoms with Crippen LogP contribution in [-0.4, -0.2) is 37.0 Å². The van der Waals surface area contributed by atoms with Gasteiger partial charge in [-0.3, -0.25) is 15.0 Å². The molecule has 1 N–H and O–H groups in total. The van der Waals surface area contributed by atoms with Crippen molar-refractivity contribution in [3.05, 3.63) is 101 Å². The number of aryl methyl sites for hydroxylation is 1. The summed E-state index contributed by atoms with van der Waals surface area (Å²) in [7, 11) is 0. The van der Waals surface area contributed by atoms with Gasteiger partial charge in [-0.25, -0.2) is 9.19 Å². The molecule has 1 amide bonds. The van der Waals surface area contributed by atoms with Crippen molar-refractivity contribution in [3.63, 3.8) is 0 Å². The Morgan fingerprint density at radius 2 is 1.72 bits per heavy atom. The Bertz CT molecular complexity index is 1820. The molecule has 3 aromatic heterocycles. The van der Waals surface area contributed by atoms with Crippen molar-refractivity contribution in [2.75, 3.05) is 12.0 Å². The molecule has 176 valence electrons. The molecule has 0 aliphatic heterocycles. The van der Waals surface area contributed by atoms with Crippen LogP contribution in [0.1, 0.15) is 5.69 Å². The van der Waals surface area contributed by atoms with Gasteiger partial charge in [0.1, 0.15) is 11.3 Å². The van der Waals surface area contributed by atoms with Crippen LogP contribution in [0.3, 0.4) is 0 Å². The Morgan fingerprint density at radius 1 is 0.944 bits per heavy atom. The molecule has 0 saturated carbocycles. The number of nitrogens with one attached hydrogen (secondary N) is 1. The van der Waals surface area contributed by atoms with Crippen LogP contribution in [0.4, 0.5) is 0 Å². The van der Waals surface area contributed by atoms with Gasteiger partial charge in [0.25, 0.3) is 11.5 Å². The van der Waals surface area contributed by atoms with Crippen LogP contribution < -0.4 is 15.7 Å². The van der Waals surface area contributed by atoms with Crippen molar-refractivity contribution in [3.8, 4) is 16.9 Å². The third-order valence-corrected chi connectivity index (χ3v) is 5.97. The lowest BCUT2D eigenvalue weighted by molar-refractivity contribution is -0.119. The van der Waals surface area contributed by atoms with Crippen LogP contribution in [0.25, 0.3) is 38.6 Å². The first-order valence-electron chi connectivity index (χ1n) is 11.3. The SMILES string of the molecule is Cc1nn2c(nnc3c(=O)n(NC(=O)COc4cccc5ccccc45)ccc32)c1-c1ccccc1. The van der Waals surface area contributed by atoms with Gasteiger partial charge in [0.2, 0.25) is 0 Å². The quantitative estimate of drug-likeness (QED) is 0.407. The second kappa shape index (κ2) is 8.62. The standard InChI is InChI=1S/C27H20N6O3/c1-17-24(19-9-3-2-4-10-19)26-29-28-25-21(33(26)30-17)14-15-32(27(25)35)31-23(34)16-36-22-13-7-11-18-8-5-6-12-20(18)22/h2-15H,16H2,1H3,(H,31,34). The Kier molecular flexibility index (Phi) is 5.15. The highest BCUT2D eigenvalue weighted by Gasteiger charge is 2.18. The van der Waals surface area contributed by atoms with Crippen molar-refractivity contribution >= 4 is 33.4 Å². The number of aromatic nitrogens is 5. The molecule has 0 aliphatic carbocycles. The van der Waals surface area contributed by atoms with E-state index in [1.54, 1.807) is 16.6 Å². The predicted octanol–water partition coefficient (Wildman–Crippen LogP) is 3.72. The van der Waals surface area contributed by atoms with Gasteiger partial charge >= 0.3 is 0 Å². The lowest BCUT2D eigenvalue weighted by Gasteiger charge is -2.11. The number of nitrogens with zero attached hydrogens (tertiary/aromatic N) is 5. The lowest BCUT2D eigenvalue weighted by Crippen LogP contribution is -2.35. The zero-order valence-electron chi connectivity index (χ0n) is 19.3. The molecule has 0 atom stereocenters. The van der Waals surface area contributed by atoms with Gasteiger partial charge in [0.15, 0.2) is 17.8 Å². The number of pyridine rings is 1. The molecular weight excluding hydrogens is 456 g/mol. The summed E-state index contributed by atoms with van der Waals surface area (Å²) >= 11 is 0. The van der Waals surface area contributed by atoms with Crippen LogP contribution >= 0.6 is 0 Å². The molecule has 6 aromatic rings. The van der Waals surface area contributed by atoms with Crippen LogP contribution in [0.2, 0.25) is 0 Å². The summed E-state index contributed by atoms with van der Waals surface area (Å²) < 4.78 is 8.41. The van der Waals surface area contributed by atoms with Gasteiger partial charge < -0.3 is 4.74 Å². The average Bonchev–Trinajstić information content (AvgIpc) is 3.25. The minimum absolute atomic E-state index is 0.0855. The summed E-state index contributed by atoms with van der Waals surface area (Å²) in [6.45, 7) is 1.63. The maximum atomic E-state index is 13.1. The van der Waals surface area contributed by atoms with Crippen LogP contribution in [0.15, 0.2) is 89.9 Å². The Labute approximate surface area is 204 Å². The number of carbonyl (C=O) groups excluding carboxylic acids is 1. The molecule has 36 heavy (non-hydrogen) atoms. The van der Waals surface area contributed by atoms with Gasteiger partial charge in [0.05, 0.1) is 11.3 Å². The fourth-order valence-corrected chi connectivity index (χ4v) is 4.32. The number of rotatable bonds is 5. The second-order valence-corrected chi connectivity index (χ2v) is 8.29. The van der Waals surface area contributed by atoms with Crippen molar-refractivity contribution in [1.29, 1.82) is 0 Å². The van der Waals surface area contributed by atoms with E-state index in [1.807, 2.05) is 73.7 Å². The molecule has 6 rings (SSSR count). The highest BCUT2D eigenvalue weighted by molar-refractivity contribution is 5.90. The lowest BCUT2D eigenvalue weighted by atomic mass is 10.1. The molecule has 0 aliphatic rings. The van der Waals surface area contributed by atoms with Gasteiger partial charge in [-0.2, -0.15) is 5.10 Å². The fourth-order valence-electron chi connectivity index (χ4n) is 4.32. The van der Waals surface area contributed by atoms with Gasteiger partial charge in [0, 0.05) is 11.6 Å². The van der Waals surface area contributed by atoms with Crippen LogP contribution in [0, 0.1) is 6.92 Å². The normalized spacial score (nSPS) is 11.2. The summed E-state index contributed by atoms with van der Waals surface area (Å²) in [5, 5.41) is 15.0. The van der Waals surface area contributed by atoms with Gasteiger partial charge in [-0.1, -0.05) is 66.7 Å². The van der Waals surface area contributed by atoms with Gasteiger partial charge in [-0.15, -0.1) is 10.2 Å². The topological polar surface area (TPSA) is 103 Å². The largest absolute Gasteiger partial charge is 0.483 e. The predicted molar refractivity (Wildman–Crippen MR) is 137 cm³/mol. The Balaban J connectivity index is 1.28. The van der Waals surface area contributed by atoms with Crippen molar-refractivity contribution in [1.82, 2.24) is 24.5 Å². The van der Waals surface area contributed by atoms with Crippen molar-refractivity contribution < 1.29 is 9.53 Å². The molecule has 9 heteroatoms. The van der Waals surface area contributed by atoms with Gasteiger partial charge in [-0.05, 0) is 30.0 Å². The van der Waals surface area contributed by atoms with E-state index in [1.165, 1.54) is 6.20 Å². The number of amides is 1. The highest BCUT2D eigenvalue weighted by Crippen LogP contribution is 2.28. The molecule has 3 heterocycles. The molecule has 0 fully saturated rings. The summed E-state index contributed by atoms with van der Waals surface area (Å²) in [6, 6.07) is 24.8. The third kappa shape index (κ3) is 3.63. The molecule has 9 nitrogen and oxygen atoms in total. The first kappa shape index (κ1) is 21.5. The molecule has 0 radical (unpaired) electrons. The minimum Gasteiger partial charge on any atom is -0.483 e. The maximum absolute atomic E-state index is 13.1. The summed E-state index contributed by atoms with van der Waals surface area (Å²) in [5.41, 5.74) is 5.75. The fraction of sp³-hybridized carbons (Fsp3) is 0.0741. The van der Waals surface area contributed by atoms with Crippen molar-refractivity contribution in [2.24, 2.45) is 0 Å². The van der Waals surface area contributed by atoms with E-state index in [9.17, 15) is 9.59 Å². The number of fused-ring (bicyclic) bond motifs is 4. The monoisotopic (exact) mass is 476 g/mol. The number of hydrogen-bond donors (Lipinski definition) is 1. The molecule has 0 saturated heterocycles. The molecule has 0 spiro atoms. The second-order valence-electron chi connectivity index (χ2n) is 8.29. The minimum atomic E-state index is -0.519. The first-order valence-corrected chi connectivity index (χ1v) is 11.3. The average molecular weight is 476 g/mol. The number of benzene rings is 3. The van der Waals surface area contributed by atoms with E-state index >= 15 is 0 Å². The van der Waals surface area contributed by atoms with E-state index in [0.29, 0.717) is 16.9 Å². The van der Waals surface area contributed by atoms with Crippen LogP contribution in [-0.2, 0) is 4.79 Å². The zero-order valence-corrected chi connectivity index (χ0v) is 19.3. The Hall–Kier alpha value is -5.05. The first-order chi connectivity index (χ1) is 17.6. The smallest absolute Gasteiger partial charge is 0.299 e. The van der Waals surface area contributed by atoms with E-state index in [2.05, 4.69) is 20.7 Å². The van der Waals surface area contributed by atoms with E-state index < -0.39 is 11.5 Å². The Morgan fingerprint density at radius 3 is 2.58 bits per heavy atom. The molecule has 0 unspecified atom stereocenters. The highest BCUT2D eigenvalue weighted by atomic mass is 16.5. The molecular formula is C27H20N6O3. The maximum Gasteiger partial charge on any atom is 0.299 e. The molecule has 3 aromatic carbocycles. The van der Waals surface area contributed by atoms with E-state index in [0.717, 1.165) is 32.3 Å². The summed E-state index contributed by atoms with van der Waals surface area (Å²) in [6.07, 6.45) is 1.47. The number of ether oxygens (including phenoxy) is 1. The van der Waals surface area contributed by atoms with E-state index in [-0.39, 0.29) is 12.1 Å². The third-order valence-electron chi connectivity index (χ3n) is 5.97.